The molecule has 0 saturated heterocycles. The number of hydrogen-bond donors (Lipinski definition) is 1. The highest BCUT2D eigenvalue weighted by atomic mass is 16.5. The van der Waals surface area contributed by atoms with Gasteiger partial charge in [-0.3, -0.25) is 9.36 Å². The van der Waals surface area contributed by atoms with Crippen molar-refractivity contribution in [3.8, 4) is 0 Å². The first-order valence-electron chi connectivity index (χ1n) is 8.80. The van der Waals surface area contributed by atoms with E-state index < -0.39 is 0 Å². The molecule has 1 aromatic heterocycles. The first-order chi connectivity index (χ1) is 11.6. The Kier molecular flexibility index (Phi) is 6.94. The standard InChI is InChI=1S/C19H29N3O2/c1-5-16(20-11-10-14(2)3)18-21-17-9-7-6-8-15(17)19(23)22(18)12-13-24-4/h6-9,14,16,20H,5,10-13H2,1-4H3/t16-/m1/s1. The number of nitrogens with one attached hydrogen (secondary N) is 1. The number of para-hydroxylation sites is 1. The molecule has 0 aliphatic heterocycles. The SMILES string of the molecule is CC[C@@H](NCCC(C)C)c1nc2ccccc2c(=O)n1CCOC. The minimum Gasteiger partial charge on any atom is -0.383 e. The molecule has 0 aliphatic rings. The highest BCUT2D eigenvalue weighted by Crippen LogP contribution is 2.17. The molecule has 24 heavy (non-hydrogen) atoms. The Morgan fingerprint density at radius 1 is 1.29 bits per heavy atom. The van der Waals surface area contributed by atoms with Crippen molar-refractivity contribution >= 4 is 10.9 Å². The highest BCUT2D eigenvalue weighted by Gasteiger charge is 2.18. The van der Waals surface area contributed by atoms with E-state index in [1.807, 2.05) is 24.3 Å². The first-order valence-corrected chi connectivity index (χ1v) is 8.80. The van der Waals surface area contributed by atoms with Crippen LogP contribution in [-0.4, -0.2) is 29.8 Å². The summed E-state index contributed by atoms with van der Waals surface area (Å²) >= 11 is 0. The number of fused-ring (bicyclic) bond motifs is 1. The van der Waals surface area contributed by atoms with E-state index in [9.17, 15) is 4.79 Å². The normalized spacial score (nSPS) is 12.9. The third-order valence-electron chi connectivity index (χ3n) is 4.24. The predicted molar refractivity (Wildman–Crippen MR) is 98.4 cm³/mol. The number of ether oxygens (including phenoxy) is 1. The van der Waals surface area contributed by atoms with Crippen LogP contribution in [0.4, 0.5) is 0 Å². The lowest BCUT2D eigenvalue weighted by Crippen LogP contribution is -2.33. The zero-order chi connectivity index (χ0) is 17.5. The second-order valence-electron chi connectivity index (χ2n) is 6.53. The summed E-state index contributed by atoms with van der Waals surface area (Å²) in [7, 11) is 1.65. The van der Waals surface area contributed by atoms with E-state index in [1.165, 1.54) is 0 Å². The van der Waals surface area contributed by atoms with Crippen molar-refractivity contribution in [3.05, 3.63) is 40.4 Å². The summed E-state index contributed by atoms with van der Waals surface area (Å²) in [5, 5.41) is 4.22. The Balaban J connectivity index is 2.42. The topological polar surface area (TPSA) is 56.2 Å². The molecule has 0 aliphatic carbocycles. The van der Waals surface area contributed by atoms with Crippen molar-refractivity contribution in [2.24, 2.45) is 5.92 Å². The van der Waals surface area contributed by atoms with Crippen LogP contribution in [0, 0.1) is 5.92 Å². The van der Waals surface area contributed by atoms with Gasteiger partial charge in [-0.05, 0) is 37.4 Å². The molecular formula is C19H29N3O2. The molecule has 1 N–H and O–H groups in total. The second kappa shape index (κ2) is 8.94. The van der Waals surface area contributed by atoms with E-state index in [1.54, 1.807) is 11.7 Å². The second-order valence-corrected chi connectivity index (χ2v) is 6.53. The van der Waals surface area contributed by atoms with Gasteiger partial charge in [0.15, 0.2) is 0 Å². The van der Waals surface area contributed by atoms with Gasteiger partial charge in [0.2, 0.25) is 0 Å². The fourth-order valence-electron chi connectivity index (χ4n) is 2.81. The van der Waals surface area contributed by atoms with Crippen LogP contribution < -0.4 is 10.9 Å². The minimum absolute atomic E-state index is 0.0109. The summed E-state index contributed by atoms with van der Waals surface area (Å²) in [6.07, 6.45) is 1.99. The summed E-state index contributed by atoms with van der Waals surface area (Å²) < 4.78 is 6.95. The third-order valence-corrected chi connectivity index (χ3v) is 4.24. The molecule has 1 heterocycles. The van der Waals surface area contributed by atoms with Crippen molar-refractivity contribution < 1.29 is 4.74 Å². The first kappa shape index (κ1) is 18.6. The molecule has 0 bridgehead atoms. The average Bonchev–Trinajstić information content (AvgIpc) is 2.58. The lowest BCUT2D eigenvalue weighted by molar-refractivity contribution is 0.184. The van der Waals surface area contributed by atoms with Gasteiger partial charge in [-0.2, -0.15) is 0 Å². The monoisotopic (exact) mass is 331 g/mol. The molecule has 0 unspecified atom stereocenters. The van der Waals surface area contributed by atoms with Gasteiger partial charge in [0.1, 0.15) is 5.82 Å². The smallest absolute Gasteiger partial charge is 0.261 e. The van der Waals surface area contributed by atoms with E-state index in [-0.39, 0.29) is 11.6 Å². The molecule has 0 spiro atoms. The zero-order valence-electron chi connectivity index (χ0n) is 15.2. The van der Waals surface area contributed by atoms with Crippen molar-refractivity contribution in [1.82, 2.24) is 14.9 Å². The third kappa shape index (κ3) is 4.42. The van der Waals surface area contributed by atoms with E-state index in [0.29, 0.717) is 24.5 Å². The molecule has 2 aromatic rings. The predicted octanol–water partition coefficient (Wildman–Crippen LogP) is 3.13. The number of benzene rings is 1. The van der Waals surface area contributed by atoms with Crippen LogP contribution in [0.5, 0.6) is 0 Å². The summed E-state index contributed by atoms with van der Waals surface area (Å²) in [5.41, 5.74) is 0.770. The Morgan fingerprint density at radius 3 is 2.71 bits per heavy atom. The number of aromatic nitrogens is 2. The lowest BCUT2D eigenvalue weighted by Gasteiger charge is -2.22. The number of nitrogens with zero attached hydrogens (tertiary/aromatic N) is 2. The quantitative estimate of drug-likeness (QED) is 0.767. The number of hydrogen-bond acceptors (Lipinski definition) is 4. The largest absolute Gasteiger partial charge is 0.383 e. The molecule has 1 aromatic carbocycles. The van der Waals surface area contributed by atoms with Crippen LogP contribution in [0.3, 0.4) is 0 Å². The zero-order valence-corrected chi connectivity index (χ0v) is 15.2. The molecule has 132 valence electrons. The van der Waals surface area contributed by atoms with Crippen LogP contribution in [0.25, 0.3) is 10.9 Å². The van der Waals surface area contributed by atoms with Gasteiger partial charge in [0, 0.05) is 7.11 Å². The molecule has 0 radical (unpaired) electrons. The number of methoxy groups -OCH3 is 1. The molecule has 5 nitrogen and oxygen atoms in total. The Morgan fingerprint density at radius 2 is 2.04 bits per heavy atom. The van der Waals surface area contributed by atoms with E-state index in [0.717, 1.165) is 30.7 Å². The van der Waals surface area contributed by atoms with Crippen LogP contribution >= 0.6 is 0 Å². The maximum Gasteiger partial charge on any atom is 0.261 e. The van der Waals surface area contributed by atoms with Crippen molar-refractivity contribution in [3.63, 3.8) is 0 Å². The van der Waals surface area contributed by atoms with Gasteiger partial charge in [-0.1, -0.05) is 32.9 Å². The maximum atomic E-state index is 12.9. The fraction of sp³-hybridized carbons (Fsp3) is 0.579. The van der Waals surface area contributed by atoms with E-state index in [4.69, 9.17) is 9.72 Å². The maximum absolute atomic E-state index is 12.9. The summed E-state index contributed by atoms with van der Waals surface area (Å²) in [5.74, 6) is 1.46. The molecule has 0 saturated carbocycles. The van der Waals surface area contributed by atoms with Crippen molar-refractivity contribution in [2.75, 3.05) is 20.3 Å². The Hall–Kier alpha value is -1.72. The summed E-state index contributed by atoms with van der Waals surface area (Å²) in [6, 6.07) is 7.61. The molecule has 0 amide bonds. The minimum atomic E-state index is 0.0109. The molecule has 5 heteroatoms. The summed E-state index contributed by atoms with van der Waals surface area (Å²) in [6.45, 7) is 8.48. The van der Waals surface area contributed by atoms with E-state index in [2.05, 4.69) is 26.1 Å². The van der Waals surface area contributed by atoms with Crippen LogP contribution in [-0.2, 0) is 11.3 Å². The molecule has 2 rings (SSSR count). The molecule has 0 fully saturated rings. The molecular weight excluding hydrogens is 302 g/mol. The highest BCUT2D eigenvalue weighted by molar-refractivity contribution is 5.77. The average molecular weight is 331 g/mol. The van der Waals surface area contributed by atoms with Crippen LogP contribution in [0.1, 0.15) is 45.5 Å². The van der Waals surface area contributed by atoms with Gasteiger partial charge in [-0.15, -0.1) is 0 Å². The van der Waals surface area contributed by atoms with Gasteiger partial charge in [0.25, 0.3) is 5.56 Å². The lowest BCUT2D eigenvalue weighted by atomic mass is 10.1. The Bertz CT molecular complexity index is 709. The van der Waals surface area contributed by atoms with Crippen LogP contribution in [0.2, 0.25) is 0 Å². The van der Waals surface area contributed by atoms with Gasteiger partial charge < -0.3 is 10.1 Å². The summed E-state index contributed by atoms with van der Waals surface area (Å²) in [4.78, 5) is 17.7. The molecule has 1 atom stereocenters. The number of rotatable bonds is 9. The van der Waals surface area contributed by atoms with Crippen molar-refractivity contribution in [2.45, 2.75) is 46.2 Å². The Labute approximate surface area is 144 Å². The fourth-order valence-corrected chi connectivity index (χ4v) is 2.81. The van der Waals surface area contributed by atoms with Gasteiger partial charge >= 0.3 is 0 Å². The van der Waals surface area contributed by atoms with Gasteiger partial charge in [0.05, 0.1) is 30.1 Å². The van der Waals surface area contributed by atoms with Crippen LogP contribution in [0.15, 0.2) is 29.1 Å². The van der Waals surface area contributed by atoms with Crippen molar-refractivity contribution in [1.29, 1.82) is 0 Å². The van der Waals surface area contributed by atoms with E-state index >= 15 is 0 Å². The van der Waals surface area contributed by atoms with Gasteiger partial charge in [-0.25, -0.2) is 4.98 Å².